The van der Waals surface area contributed by atoms with Crippen LogP contribution in [0.2, 0.25) is 5.02 Å². The molecular formula is C23H21ClFNO3S. The number of rotatable bonds is 4. The van der Waals surface area contributed by atoms with Gasteiger partial charge < -0.3 is 4.74 Å². The summed E-state index contributed by atoms with van der Waals surface area (Å²) >= 11 is 5.88. The van der Waals surface area contributed by atoms with Gasteiger partial charge in [0.2, 0.25) is 10.0 Å². The quantitative estimate of drug-likeness (QED) is 0.579. The summed E-state index contributed by atoms with van der Waals surface area (Å²) in [4.78, 5) is -0.425. The summed E-state index contributed by atoms with van der Waals surface area (Å²) in [5, 5.41) is -0.223. The third kappa shape index (κ3) is 4.27. The Balaban J connectivity index is 1.80. The summed E-state index contributed by atoms with van der Waals surface area (Å²) in [6.07, 6.45) is 0.449. The Morgan fingerprint density at radius 1 is 0.967 bits per heavy atom. The van der Waals surface area contributed by atoms with Gasteiger partial charge in [0, 0.05) is 6.54 Å². The normalized spacial score (nSPS) is 17.7. The van der Waals surface area contributed by atoms with Crippen LogP contribution in [0.25, 0.3) is 0 Å². The van der Waals surface area contributed by atoms with Crippen molar-refractivity contribution in [2.45, 2.75) is 30.5 Å². The molecule has 0 radical (unpaired) electrons. The van der Waals surface area contributed by atoms with Gasteiger partial charge in [-0.05, 0) is 35.2 Å². The Bertz CT molecular complexity index is 1140. The number of fused-ring (bicyclic) bond motifs is 1. The topological polar surface area (TPSA) is 46.6 Å². The van der Waals surface area contributed by atoms with Gasteiger partial charge in [-0.15, -0.1) is 0 Å². The monoisotopic (exact) mass is 445 g/mol. The average molecular weight is 446 g/mol. The zero-order chi connectivity index (χ0) is 21.1. The van der Waals surface area contributed by atoms with Crippen molar-refractivity contribution in [1.29, 1.82) is 0 Å². The first-order valence-electron chi connectivity index (χ1n) is 9.61. The molecule has 1 unspecified atom stereocenters. The number of nitrogens with zero attached hydrogens (tertiary/aromatic N) is 1. The number of hydrogen-bond acceptors (Lipinski definition) is 3. The summed E-state index contributed by atoms with van der Waals surface area (Å²) < 4.78 is 49.1. The minimum Gasteiger partial charge on any atom is -0.375 e. The fraction of sp³-hybridized carbons (Fsp3) is 0.217. The predicted molar refractivity (Wildman–Crippen MR) is 114 cm³/mol. The van der Waals surface area contributed by atoms with Gasteiger partial charge in [-0.1, -0.05) is 72.3 Å². The van der Waals surface area contributed by atoms with Crippen LogP contribution in [0.1, 0.15) is 16.7 Å². The van der Waals surface area contributed by atoms with Crippen molar-refractivity contribution in [3.05, 3.63) is 100 Å². The van der Waals surface area contributed by atoms with E-state index in [1.54, 1.807) is 0 Å². The van der Waals surface area contributed by atoms with Gasteiger partial charge in [0.1, 0.15) is 4.90 Å². The first-order chi connectivity index (χ1) is 14.5. The summed E-state index contributed by atoms with van der Waals surface area (Å²) in [6, 6.07) is 20.7. The molecule has 1 aliphatic heterocycles. The van der Waals surface area contributed by atoms with E-state index in [4.69, 9.17) is 16.3 Å². The second-order valence-corrected chi connectivity index (χ2v) is 9.50. The van der Waals surface area contributed by atoms with E-state index >= 15 is 0 Å². The second-order valence-electron chi connectivity index (χ2n) is 7.23. The Labute approximate surface area is 180 Å². The highest BCUT2D eigenvalue weighted by molar-refractivity contribution is 7.89. The first-order valence-corrected chi connectivity index (χ1v) is 11.4. The summed E-state index contributed by atoms with van der Waals surface area (Å²) in [6.45, 7) is 0.733. The van der Waals surface area contributed by atoms with Gasteiger partial charge in [-0.3, -0.25) is 0 Å². The van der Waals surface area contributed by atoms with Crippen LogP contribution < -0.4 is 0 Å². The van der Waals surface area contributed by atoms with E-state index in [0.29, 0.717) is 13.0 Å². The highest BCUT2D eigenvalue weighted by Gasteiger charge is 2.35. The van der Waals surface area contributed by atoms with Gasteiger partial charge in [0.25, 0.3) is 0 Å². The van der Waals surface area contributed by atoms with E-state index in [1.165, 1.54) is 22.5 Å². The third-order valence-electron chi connectivity index (χ3n) is 5.24. The van der Waals surface area contributed by atoms with Crippen molar-refractivity contribution in [3.63, 3.8) is 0 Å². The SMILES string of the molecule is O=S(=O)(c1cccc(Cl)c1F)N1Cc2ccccc2COCC1Cc1ccccc1. The Hall–Kier alpha value is -2.25. The smallest absolute Gasteiger partial charge is 0.246 e. The van der Waals surface area contributed by atoms with Gasteiger partial charge in [-0.2, -0.15) is 4.31 Å². The minimum atomic E-state index is -4.17. The summed E-state index contributed by atoms with van der Waals surface area (Å²) in [7, 11) is -4.17. The zero-order valence-electron chi connectivity index (χ0n) is 16.2. The van der Waals surface area contributed by atoms with Gasteiger partial charge in [0.05, 0.1) is 24.3 Å². The lowest BCUT2D eigenvalue weighted by atomic mass is 10.0. The van der Waals surface area contributed by atoms with E-state index in [-0.39, 0.29) is 18.2 Å². The van der Waals surface area contributed by atoms with E-state index in [0.717, 1.165) is 16.7 Å². The molecule has 1 aliphatic rings. The van der Waals surface area contributed by atoms with E-state index in [2.05, 4.69) is 0 Å². The lowest BCUT2D eigenvalue weighted by Gasteiger charge is -2.33. The Morgan fingerprint density at radius 3 is 2.43 bits per heavy atom. The van der Waals surface area contributed by atoms with Crippen LogP contribution in [-0.4, -0.2) is 25.4 Å². The Morgan fingerprint density at radius 2 is 1.67 bits per heavy atom. The highest BCUT2D eigenvalue weighted by Crippen LogP contribution is 2.30. The first kappa shape index (κ1) is 21.0. The molecule has 3 aromatic rings. The maximum absolute atomic E-state index is 14.7. The van der Waals surface area contributed by atoms with Crippen LogP contribution in [0.5, 0.6) is 0 Å². The molecular weight excluding hydrogens is 425 g/mol. The molecule has 0 aromatic heterocycles. The summed E-state index contributed by atoms with van der Waals surface area (Å²) in [5.41, 5.74) is 2.73. The molecule has 0 fully saturated rings. The van der Waals surface area contributed by atoms with Crippen LogP contribution in [0, 0.1) is 5.82 Å². The zero-order valence-corrected chi connectivity index (χ0v) is 17.7. The van der Waals surface area contributed by atoms with Crippen molar-refractivity contribution in [2.24, 2.45) is 0 Å². The average Bonchev–Trinajstić information content (AvgIpc) is 2.73. The molecule has 7 heteroatoms. The molecule has 0 saturated heterocycles. The van der Waals surface area contributed by atoms with Crippen molar-refractivity contribution in [3.8, 4) is 0 Å². The number of benzene rings is 3. The molecule has 0 bridgehead atoms. The van der Waals surface area contributed by atoms with Crippen LogP contribution >= 0.6 is 11.6 Å². The number of ether oxygens (including phenoxy) is 1. The van der Waals surface area contributed by atoms with E-state index in [9.17, 15) is 12.8 Å². The van der Waals surface area contributed by atoms with Gasteiger partial charge >= 0.3 is 0 Å². The van der Waals surface area contributed by atoms with Crippen LogP contribution in [-0.2, 0) is 34.3 Å². The summed E-state index contributed by atoms with van der Waals surface area (Å²) in [5.74, 6) is -0.936. The molecule has 1 heterocycles. The number of sulfonamides is 1. The molecule has 0 spiro atoms. The fourth-order valence-corrected chi connectivity index (χ4v) is 5.58. The molecule has 3 aromatic carbocycles. The van der Waals surface area contributed by atoms with Gasteiger partial charge in [0.15, 0.2) is 5.82 Å². The largest absolute Gasteiger partial charge is 0.375 e. The predicted octanol–water partition coefficient (Wildman–Crippen LogP) is 4.81. The van der Waals surface area contributed by atoms with E-state index in [1.807, 2.05) is 54.6 Å². The second kappa shape index (κ2) is 8.86. The fourth-order valence-electron chi connectivity index (χ4n) is 3.68. The van der Waals surface area contributed by atoms with Gasteiger partial charge in [-0.25, -0.2) is 12.8 Å². The lowest BCUT2D eigenvalue weighted by molar-refractivity contribution is 0.0673. The van der Waals surface area contributed by atoms with E-state index < -0.39 is 26.8 Å². The lowest BCUT2D eigenvalue weighted by Crippen LogP contribution is -2.45. The molecule has 4 nitrogen and oxygen atoms in total. The van der Waals surface area contributed by atoms with Crippen LogP contribution in [0.3, 0.4) is 0 Å². The molecule has 0 N–H and O–H groups in total. The maximum atomic E-state index is 14.7. The molecule has 0 saturated carbocycles. The molecule has 156 valence electrons. The molecule has 1 atom stereocenters. The van der Waals surface area contributed by atoms with Crippen molar-refractivity contribution < 1.29 is 17.5 Å². The van der Waals surface area contributed by atoms with Crippen molar-refractivity contribution in [2.75, 3.05) is 6.61 Å². The molecule has 30 heavy (non-hydrogen) atoms. The molecule has 0 aliphatic carbocycles. The Kier molecular flexibility index (Phi) is 6.20. The van der Waals surface area contributed by atoms with Crippen molar-refractivity contribution in [1.82, 2.24) is 4.31 Å². The minimum absolute atomic E-state index is 0.130. The van der Waals surface area contributed by atoms with Crippen molar-refractivity contribution >= 4 is 21.6 Å². The van der Waals surface area contributed by atoms with Crippen LogP contribution in [0.4, 0.5) is 4.39 Å². The highest BCUT2D eigenvalue weighted by atomic mass is 35.5. The number of halogens is 2. The standard InChI is InChI=1S/C23H21ClFNO3S/c24-21-11-6-12-22(23(21)25)30(27,28)26-14-18-9-4-5-10-19(18)15-29-16-20(26)13-17-7-2-1-3-8-17/h1-12,20H,13-16H2. The number of hydrogen-bond donors (Lipinski definition) is 0. The molecule has 0 amide bonds. The molecule has 4 rings (SSSR count). The third-order valence-corrected chi connectivity index (χ3v) is 7.44. The maximum Gasteiger partial charge on any atom is 0.246 e. The van der Waals surface area contributed by atoms with Crippen LogP contribution in [0.15, 0.2) is 77.7 Å².